The molecule has 2 heteroatoms. The maximum Gasteiger partial charge on any atom is 0.0755 e. The summed E-state index contributed by atoms with van der Waals surface area (Å²) in [6.45, 7) is 0. The molecular formula is C67H44N2. The molecule has 0 amide bonds. The van der Waals surface area contributed by atoms with E-state index in [-0.39, 0.29) is 0 Å². The SMILES string of the molecule is c1ccc(-c2ccccc2-c2ccccc2N(c2ccc3c(c2)C2(c4ccccc4-3)c3ccccc3N(c3ccccc3)c3ccccc32)c2ccc3c4ccccc4c4ccccc4c3c2)cc1. The van der Waals surface area contributed by atoms with E-state index in [1.807, 2.05) is 0 Å². The third-order valence-corrected chi connectivity index (χ3v) is 14.8. The van der Waals surface area contributed by atoms with Gasteiger partial charge in [0.1, 0.15) is 0 Å². The Morgan fingerprint density at radius 1 is 0.275 bits per heavy atom. The third-order valence-electron chi connectivity index (χ3n) is 14.8. The summed E-state index contributed by atoms with van der Waals surface area (Å²) in [4.78, 5) is 4.98. The van der Waals surface area contributed by atoms with Gasteiger partial charge < -0.3 is 9.80 Å². The minimum absolute atomic E-state index is 0.607. The van der Waals surface area contributed by atoms with E-state index in [2.05, 4.69) is 277 Å². The molecule has 0 unspecified atom stereocenters. The molecule has 12 aromatic carbocycles. The van der Waals surface area contributed by atoms with Crippen LogP contribution < -0.4 is 9.80 Å². The molecule has 0 N–H and O–H groups in total. The van der Waals surface area contributed by atoms with E-state index < -0.39 is 5.41 Å². The predicted octanol–water partition coefficient (Wildman–Crippen LogP) is 18.1. The molecule has 0 saturated heterocycles. The van der Waals surface area contributed by atoms with Gasteiger partial charge in [-0.25, -0.2) is 0 Å². The summed E-state index contributed by atoms with van der Waals surface area (Å²) in [7, 11) is 0. The Morgan fingerprint density at radius 2 is 0.725 bits per heavy atom. The topological polar surface area (TPSA) is 6.48 Å². The first-order valence-corrected chi connectivity index (χ1v) is 23.9. The Labute approximate surface area is 402 Å². The van der Waals surface area contributed by atoms with Crippen molar-refractivity contribution in [2.75, 3.05) is 9.80 Å². The van der Waals surface area contributed by atoms with Crippen LogP contribution in [0.2, 0.25) is 0 Å². The maximum absolute atomic E-state index is 2.52. The number of benzene rings is 12. The third kappa shape index (κ3) is 5.79. The van der Waals surface area contributed by atoms with Gasteiger partial charge in [-0.3, -0.25) is 0 Å². The molecule has 1 spiro atoms. The van der Waals surface area contributed by atoms with Gasteiger partial charge in [-0.1, -0.05) is 212 Å². The quantitative estimate of drug-likeness (QED) is 0.154. The van der Waals surface area contributed by atoms with Gasteiger partial charge in [0.05, 0.1) is 22.5 Å². The van der Waals surface area contributed by atoms with Crippen LogP contribution in [0.3, 0.4) is 0 Å². The van der Waals surface area contributed by atoms with Crippen LogP contribution in [0.15, 0.2) is 267 Å². The Bertz CT molecular complexity index is 3900. The van der Waals surface area contributed by atoms with Crippen LogP contribution in [-0.4, -0.2) is 0 Å². The summed E-state index contributed by atoms with van der Waals surface area (Å²) >= 11 is 0. The molecule has 0 saturated carbocycles. The summed E-state index contributed by atoms with van der Waals surface area (Å²) in [6.07, 6.45) is 0. The highest BCUT2D eigenvalue weighted by molar-refractivity contribution is 6.26. The van der Waals surface area contributed by atoms with Gasteiger partial charge >= 0.3 is 0 Å². The first-order valence-electron chi connectivity index (χ1n) is 23.9. The number of nitrogens with zero attached hydrogens (tertiary/aromatic N) is 2. The average molecular weight is 877 g/mol. The molecule has 0 radical (unpaired) electrons. The van der Waals surface area contributed by atoms with Crippen LogP contribution in [0.5, 0.6) is 0 Å². The highest BCUT2D eigenvalue weighted by atomic mass is 15.2. The molecule has 1 aliphatic carbocycles. The molecule has 12 aromatic rings. The number of rotatable bonds is 6. The van der Waals surface area contributed by atoms with E-state index >= 15 is 0 Å². The average Bonchev–Trinajstić information content (AvgIpc) is 3.71. The van der Waals surface area contributed by atoms with E-state index in [1.165, 1.54) is 93.8 Å². The lowest BCUT2D eigenvalue weighted by atomic mass is 9.64. The van der Waals surface area contributed by atoms with Gasteiger partial charge in [-0.05, 0) is 137 Å². The van der Waals surface area contributed by atoms with Crippen molar-refractivity contribution in [2.24, 2.45) is 0 Å². The van der Waals surface area contributed by atoms with Crippen LogP contribution in [0.25, 0.3) is 65.7 Å². The molecule has 322 valence electrons. The van der Waals surface area contributed by atoms with E-state index in [0.29, 0.717) is 0 Å². The fourth-order valence-corrected chi connectivity index (χ4v) is 12.0. The molecule has 1 heterocycles. The van der Waals surface area contributed by atoms with Crippen LogP contribution in [0.1, 0.15) is 22.3 Å². The summed E-state index contributed by atoms with van der Waals surface area (Å²) in [5.74, 6) is 0. The Kier molecular flexibility index (Phi) is 8.84. The van der Waals surface area contributed by atoms with Crippen LogP contribution in [0.4, 0.5) is 34.1 Å². The lowest BCUT2D eigenvalue weighted by Gasteiger charge is -2.45. The molecule has 14 rings (SSSR count). The highest BCUT2D eigenvalue weighted by Gasteiger charge is 2.52. The molecule has 0 aromatic heterocycles. The molecular weight excluding hydrogens is 833 g/mol. The van der Waals surface area contributed by atoms with Crippen LogP contribution in [0, 0.1) is 0 Å². The van der Waals surface area contributed by atoms with Crippen molar-refractivity contribution in [3.63, 3.8) is 0 Å². The molecule has 2 nitrogen and oxygen atoms in total. The first-order chi connectivity index (χ1) is 34.3. The Hall–Kier alpha value is -8.98. The zero-order valence-electron chi connectivity index (χ0n) is 37.8. The molecule has 0 fully saturated rings. The van der Waals surface area contributed by atoms with Crippen molar-refractivity contribution >= 4 is 66.4 Å². The Balaban J connectivity index is 1.07. The first kappa shape index (κ1) is 39.2. The van der Waals surface area contributed by atoms with Crippen LogP contribution in [-0.2, 0) is 5.41 Å². The zero-order valence-corrected chi connectivity index (χ0v) is 37.8. The summed E-state index contributed by atoms with van der Waals surface area (Å²) in [5, 5.41) is 7.52. The van der Waals surface area contributed by atoms with Crippen molar-refractivity contribution < 1.29 is 0 Å². The van der Waals surface area contributed by atoms with E-state index in [9.17, 15) is 0 Å². The summed E-state index contributed by atoms with van der Waals surface area (Å²) in [6, 6.07) is 98.9. The molecule has 2 aliphatic rings. The van der Waals surface area contributed by atoms with E-state index in [0.717, 1.165) is 28.3 Å². The minimum Gasteiger partial charge on any atom is -0.310 e. The van der Waals surface area contributed by atoms with Crippen molar-refractivity contribution in [1.82, 2.24) is 0 Å². The van der Waals surface area contributed by atoms with Crippen LogP contribution >= 0.6 is 0 Å². The minimum atomic E-state index is -0.607. The number of para-hydroxylation sites is 4. The smallest absolute Gasteiger partial charge is 0.0755 e. The largest absolute Gasteiger partial charge is 0.310 e. The number of fused-ring (bicyclic) bond motifs is 15. The van der Waals surface area contributed by atoms with Gasteiger partial charge in [-0.15, -0.1) is 0 Å². The second-order valence-corrected chi connectivity index (χ2v) is 18.3. The normalized spacial score (nSPS) is 13.0. The van der Waals surface area contributed by atoms with E-state index in [1.54, 1.807) is 0 Å². The number of anilines is 6. The van der Waals surface area contributed by atoms with Gasteiger partial charge in [0.2, 0.25) is 0 Å². The van der Waals surface area contributed by atoms with Crippen molar-refractivity contribution in [1.29, 1.82) is 0 Å². The lowest BCUT2D eigenvalue weighted by molar-refractivity contribution is 0.752. The van der Waals surface area contributed by atoms with Crippen molar-refractivity contribution in [2.45, 2.75) is 5.41 Å². The second kappa shape index (κ2) is 15.6. The lowest BCUT2D eigenvalue weighted by Crippen LogP contribution is -2.36. The number of hydrogen-bond donors (Lipinski definition) is 0. The summed E-state index contributed by atoms with van der Waals surface area (Å²) < 4.78 is 0. The molecule has 69 heavy (non-hydrogen) atoms. The highest BCUT2D eigenvalue weighted by Crippen LogP contribution is 2.64. The fourth-order valence-electron chi connectivity index (χ4n) is 12.0. The zero-order chi connectivity index (χ0) is 45.5. The van der Waals surface area contributed by atoms with Crippen molar-refractivity contribution in [3.05, 3.63) is 289 Å². The van der Waals surface area contributed by atoms with Crippen molar-refractivity contribution in [3.8, 4) is 33.4 Å². The summed E-state index contributed by atoms with van der Waals surface area (Å²) in [5.41, 5.74) is 18.6. The van der Waals surface area contributed by atoms with Gasteiger partial charge in [0, 0.05) is 22.6 Å². The predicted molar refractivity (Wildman–Crippen MR) is 290 cm³/mol. The maximum atomic E-state index is 2.52. The molecule has 0 atom stereocenters. The number of hydrogen-bond acceptors (Lipinski definition) is 2. The Morgan fingerprint density at radius 3 is 1.39 bits per heavy atom. The standard InChI is InChI=1S/C67H44N2/c1-3-21-45(22-4-1)49-25-7-8-26-50(49)58-32-14-18-36-64(58)68(47-39-41-55-53-29-10-9-27-51(53)52-28-11-12-30-54(52)59(55)43-47)48-40-42-57-56-31-13-15-33-60(56)67(63(57)44-48)61-34-16-19-37-65(61)69(46-23-5-2-6-24-46)66-38-20-17-35-62(66)67/h1-44H. The fraction of sp³-hybridized carbons (Fsp3) is 0.0149. The van der Waals surface area contributed by atoms with E-state index in [4.69, 9.17) is 0 Å². The molecule has 0 bridgehead atoms. The van der Waals surface area contributed by atoms with Gasteiger partial charge in [0.15, 0.2) is 0 Å². The monoisotopic (exact) mass is 876 g/mol. The second-order valence-electron chi connectivity index (χ2n) is 18.3. The van der Waals surface area contributed by atoms with Gasteiger partial charge in [-0.2, -0.15) is 0 Å². The van der Waals surface area contributed by atoms with Gasteiger partial charge in [0.25, 0.3) is 0 Å². The molecule has 1 aliphatic heterocycles.